The van der Waals surface area contributed by atoms with Crippen molar-refractivity contribution in [2.45, 2.75) is 39.7 Å². The van der Waals surface area contributed by atoms with E-state index in [-0.39, 0.29) is 0 Å². The van der Waals surface area contributed by atoms with Crippen LogP contribution in [0.3, 0.4) is 0 Å². The zero-order valence-electron chi connectivity index (χ0n) is 7.15. The predicted molar refractivity (Wildman–Crippen MR) is 42.6 cm³/mol. The van der Waals surface area contributed by atoms with E-state index in [4.69, 9.17) is 5.73 Å². The van der Waals surface area contributed by atoms with Crippen LogP contribution in [0.5, 0.6) is 0 Å². The van der Waals surface area contributed by atoms with E-state index >= 15 is 0 Å². The third kappa shape index (κ3) is 0.402. The highest BCUT2D eigenvalue weighted by molar-refractivity contribution is 5.19. The van der Waals surface area contributed by atoms with Crippen LogP contribution in [0.1, 0.15) is 33.6 Å². The van der Waals surface area contributed by atoms with E-state index in [1.807, 2.05) is 0 Å². The molecule has 0 spiro atoms. The fourth-order valence-corrected chi connectivity index (χ4v) is 3.13. The second-order valence-corrected chi connectivity index (χ2v) is 4.81. The minimum Gasteiger partial charge on any atom is -0.327 e. The average molecular weight is 139 g/mol. The zero-order chi connectivity index (χ0) is 7.57. The van der Waals surface area contributed by atoms with Gasteiger partial charge in [-0.1, -0.05) is 20.8 Å². The van der Waals surface area contributed by atoms with Gasteiger partial charge in [-0.3, -0.25) is 0 Å². The number of nitrogens with two attached hydrogens (primary N) is 1. The summed E-state index contributed by atoms with van der Waals surface area (Å²) in [6, 6.07) is 0.502. The van der Waals surface area contributed by atoms with Crippen LogP contribution in [0, 0.1) is 16.7 Å². The van der Waals surface area contributed by atoms with Gasteiger partial charge in [-0.05, 0) is 29.6 Å². The van der Waals surface area contributed by atoms with Gasteiger partial charge in [0, 0.05) is 6.04 Å². The van der Waals surface area contributed by atoms with Crippen LogP contribution in [0.15, 0.2) is 0 Å². The smallest absolute Gasteiger partial charge is 0.0132 e. The summed E-state index contributed by atoms with van der Waals surface area (Å²) in [6.07, 6.45) is 2.72. The second kappa shape index (κ2) is 1.42. The van der Waals surface area contributed by atoms with Gasteiger partial charge in [-0.2, -0.15) is 0 Å². The van der Waals surface area contributed by atoms with Crippen LogP contribution >= 0.6 is 0 Å². The van der Waals surface area contributed by atoms with Crippen LogP contribution in [-0.4, -0.2) is 6.04 Å². The highest BCUT2D eigenvalue weighted by Crippen LogP contribution is 2.69. The average Bonchev–Trinajstić information content (AvgIpc) is 2.23. The fourth-order valence-electron chi connectivity index (χ4n) is 3.13. The molecule has 0 aliphatic heterocycles. The molecule has 58 valence electrons. The van der Waals surface area contributed by atoms with Gasteiger partial charge in [0.1, 0.15) is 0 Å². The molecule has 1 heteroatoms. The Labute approximate surface area is 63.0 Å². The molecule has 0 aromatic heterocycles. The first kappa shape index (κ1) is 6.66. The molecule has 0 unspecified atom stereocenters. The van der Waals surface area contributed by atoms with Crippen LogP contribution in [0.2, 0.25) is 0 Å². The summed E-state index contributed by atoms with van der Waals surface area (Å²) in [5.41, 5.74) is 7.04. The predicted octanol–water partition coefficient (Wildman–Crippen LogP) is 1.77. The molecular formula is C9H17N. The van der Waals surface area contributed by atoms with Crippen LogP contribution in [0.4, 0.5) is 0 Å². The van der Waals surface area contributed by atoms with Crippen LogP contribution in [-0.2, 0) is 0 Å². The van der Waals surface area contributed by atoms with Crippen molar-refractivity contribution in [1.82, 2.24) is 0 Å². The third-order valence-electron chi connectivity index (χ3n) is 4.54. The maximum absolute atomic E-state index is 6.04. The van der Waals surface area contributed by atoms with Crippen molar-refractivity contribution >= 4 is 0 Å². The summed E-state index contributed by atoms with van der Waals surface area (Å²) in [5.74, 6) is 0.817. The summed E-state index contributed by atoms with van der Waals surface area (Å²) in [7, 11) is 0. The molecule has 1 nitrogen and oxygen atoms in total. The molecule has 0 aromatic rings. The van der Waals surface area contributed by atoms with Crippen LogP contribution in [0.25, 0.3) is 0 Å². The summed E-state index contributed by atoms with van der Waals surface area (Å²) >= 11 is 0. The Kier molecular flexibility index (Phi) is 0.949. The van der Waals surface area contributed by atoms with Gasteiger partial charge in [0.25, 0.3) is 0 Å². The topological polar surface area (TPSA) is 26.0 Å². The second-order valence-electron chi connectivity index (χ2n) is 4.81. The molecule has 2 bridgehead atoms. The fraction of sp³-hybridized carbons (Fsp3) is 1.00. The number of rotatable bonds is 0. The lowest BCUT2D eigenvalue weighted by Gasteiger charge is -2.58. The summed E-state index contributed by atoms with van der Waals surface area (Å²) in [4.78, 5) is 0. The van der Waals surface area contributed by atoms with Crippen molar-refractivity contribution in [1.29, 1.82) is 0 Å². The maximum atomic E-state index is 6.04. The molecule has 3 atom stereocenters. The summed E-state index contributed by atoms with van der Waals surface area (Å²) < 4.78 is 0. The zero-order valence-corrected chi connectivity index (χ0v) is 7.15. The van der Waals surface area contributed by atoms with Crippen molar-refractivity contribution in [2.75, 3.05) is 0 Å². The van der Waals surface area contributed by atoms with E-state index in [2.05, 4.69) is 20.8 Å². The van der Waals surface area contributed by atoms with Crippen molar-refractivity contribution in [2.24, 2.45) is 22.5 Å². The Balaban J connectivity index is 2.35. The monoisotopic (exact) mass is 139 g/mol. The highest BCUT2D eigenvalue weighted by atomic mass is 14.9. The number of fused-ring (bicyclic) bond motifs is 1. The van der Waals surface area contributed by atoms with E-state index in [1.54, 1.807) is 0 Å². The Bertz CT molecular complexity index is 174. The van der Waals surface area contributed by atoms with E-state index in [9.17, 15) is 0 Å². The molecule has 2 N–H and O–H groups in total. The lowest BCUT2D eigenvalue weighted by molar-refractivity contribution is -0.0668. The first-order valence-corrected chi connectivity index (χ1v) is 4.26. The molecule has 3 fully saturated rings. The minimum atomic E-state index is 0.470. The highest BCUT2D eigenvalue weighted by Gasteiger charge is 2.67. The Morgan fingerprint density at radius 2 is 1.90 bits per heavy atom. The van der Waals surface area contributed by atoms with E-state index in [1.165, 1.54) is 12.8 Å². The first-order chi connectivity index (χ1) is 4.50. The van der Waals surface area contributed by atoms with Gasteiger partial charge in [0.2, 0.25) is 0 Å². The van der Waals surface area contributed by atoms with Gasteiger partial charge in [-0.15, -0.1) is 0 Å². The normalized spacial score (nSPS) is 56.4. The van der Waals surface area contributed by atoms with Gasteiger partial charge >= 0.3 is 0 Å². The summed E-state index contributed by atoms with van der Waals surface area (Å²) in [5, 5.41) is 0. The molecule has 3 aliphatic rings. The Morgan fingerprint density at radius 1 is 1.30 bits per heavy atom. The van der Waals surface area contributed by atoms with Crippen molar-refractivity contribution in [3.05, 3.63) is 0 Å². The van der Waals surface area contributed by atoms with E-state index in [0.29, 0.717) is 16.9 Å². The van der Waals surface area contributed by atoms with Crippen molar-refractivity contribution < 1.29 is 0 Å². The molecule has 0 amide bonds. The first-order valence-electron chi connectivity index (χ1n) is 4.26. The molecule has 0 saturated heterocycles. The van der Waals surface area contributed by atoms with Gasteiger partial charge in [-0.25, -0.2) is 0 Å². The molecule has 0 aromatic carbocycles. The molecule has 0 heterocycles. The lowest BCUT2D eigenvalue weighted by Crippen LogP contribution is -2.62. The van der Waals surface area contributed by atoms with Gasteiger partial charge in [0.15, 0.2) is 0 Å². The van der Waals surface area contributed by atoms with Gasteiger partial charge in [0.05, 0.1) is 0 Å². The maximum Gasteiger partial charge on any atom is 0.0132 e. The van der Waals surface area contributed by atoms with Crippen molar-refractivity contribution in [3.8, 4) is 0 Å². The van der Waals surface area contributed by atoms with Crippen molar-refractivity contribution in [3.63, 3.8) is 0 Å². The van der Waals surface area contributed by atoms with E-state index in [0.717, 1.165) is 5.92 Å². The van der Waals surface area contributed by atoms with Gasteiger partial charge < -0.3 is 5.73 Å². The minimum absolute atomic E-state index is 0.470. The third-order valence-corrected chi connectivity index (χ3v) is 4.54. The molecule has 3 rings (SSSR count). The molecular weight excluding hydrogens is 122 g/mol. The Hall–Kier alpha value is -0.0400. The largest absolute Gasteiger partial charge is 0.327 e. The van der Waals surface area contributed by atoms with Crippen LogP contribution < -0.4 is 5.73 Å². The SMILES string of the molecule is CC1(C)[C@@H]2CC[C@@]1(C)[C@@H]2N. The molecule has 3 aliphatic carbocycles. The quantitative estimate of drug-likeness (QED) is 0.544. The number of hydrogen-bond acceptors (Lipinski definition) is 1. The molecule has 0 radical (unpaired) electrons. The molecule has 10 heavy (non-hydrogen) atoms. The Morgan fingerprint density at radius 3 is 2.00 bits per heavy atom. The summed E-state index contributed by atoms with van der Waals surface area (Å²) in [6.45, 7) is 7.09. The standard InChI is InChI=1S/C9H17N/c1-8(2)6-4-5-9(8,3)7(6)10/h6-7H,4-5,10H2,1-3H3/t6-,7-,9+/m1/s1. The molecule has 3 saturated carbocycles. The lowest BCUT2D eigenvalue weighted by atomic mass is 9.49. The number of hydrogen-bond donors (Lipinski definition) is 1. The van der Waals surface area contributed by atoms with E-state index < -0.39 is 0 Å².